The van der Waals surface area contributed by atoms with Crippen LogP contribution in [-0.2, 0) is 0 Å². The summed E-state index contributed by atoms with van der Waals surface area (Å²) in [4.78, 5) is 11.0. The van der Waals surface area contributed by atoms with Gasteiger partial charge in [-0.3, -0.25) is 0 Å². The Kier molecular flexibility index (Phi) is 6.39. The lowest BCUT2D eigenvalue weighted by Crippen LogP contribution is -2.30. The number of rotatable bonds is 7. The SMILES string of the molecule is CCCNc1ncc(Br)c(N(C)C(C)CCC)n1. The standard InChI is InChI=1S/C13H23BrN4/c1-5-7-10(3)18(4)12-11(14)9-16-13(17-12)15-8-6-2/h9-10H,5-8H2,1-4H3,(H,15,16,17). The molecule has 0 aliphatic heterocycles. The number of nitrogens with one attached hydrogen (secondary N) is 1. The molecule has 1 N–H and O–H groups in total. The van der Waals surface area contributed by atoms with Crippen molar-refractivity contribution in [2.24, 2.45) is 0 Å². The highest BCUT2D eigenvalue weighted by molar-refractivity contribution is 9.10. The van der Waals surface area contributed by atoms with E-state index in [2.05, 4.69) is 63.9 Å². The van der Waals surface area contributed by atoms with Crippen LogP contribution in [0.2, 0.25) is 0 Å². The first-order valence-corrected chi connectivity index (χ1v) is 7.38. The van der Waals surface area contributed by atoms with Crippen LogP contribution >= 0.6 is 15.9 Å². The molecule has 1 atom stereocenters. The van der Waals surface area contributed by atoms with Gasteiger partial charge in [-0.1, -0.05) is 20.3 Å². The summed E-state index contributed by atoms with van der Waals surface area (Å²) in [7, 11) is 2.08. The third kappa shape index (κ3) is 4.12. The van der Waals surface area contributed by atoms with E-state index < -0.39 is 0 Å². The Hall–Kier alpha value is -0.840. The van der Waals surface area contributed by atoms with Gasteiger partial charge in [0, 0.05) is 25.8 Å². The molecule has 0 saturated heterocycles. The van der Waals surface area contributed by atoms with Crippen LogP contribution in [0.15, 0.2) is 10.7 Å². The zero-order valence-electron chi connectivity index (χ0n) is 11.7. The van der Waals surface area contributed by atoms with Gasteiger partial charge in [0.2, 0.25) is 5.95 Å². The Labute approximate surface area is 118 Å². The predicted octanol–water partition coefficient (Wildman–Crippen LogP) is 3.69. The van der Waals surface area contributed by atoms with Gasteiger partial charge in [0.1, 0.15) is 5.82 Å². The van der Waals surface area contributed by atoms with Crippen LogP contribution in [-0.4, -0.2) is 29.6 Å². The van der Waals surface area contributed by atoms with Crippen molar-refractivity contribution >= 4 is 27.7 Å². The summed E-state index contributed by atoms with van der Waals surface area (Å²) in [6, 6.07) is 0.472. The van der Waals surface area contributed by atoms with Gasteiger partial charge in [-0.15, -0.1) is 0 Å². The third-order valence-corrected chi connectivity index (χ3v) is 3.52. The summed E-state index contributed by atoms with van der Waals surface area (Å²) in [6.07, 6.45) is 5.21. The molecule has 0 aromatic carbocycles. The minimum atomic E-state index is 0.472. The summed E-state index contributed by atoms with van der Waals surface area (Å²) in [5.41, 5.74) is 0. The summed E-state index contributed by atoms with van der Waals surface area (Å²) < 4.78 is 0.940. The molecule has 0 fully saturated rings. The lowest BCUT2D eigenvalue weighted by atomic mass is 10.2. The molecule has 18 heavy (non-hydrogen) atoms. The summed E-state index contributed by atoms with van der Waals surface area (Å²) in [5, 5.41) is 3.22. The zero-order valence-corrected chi connectivity index (χ0v) is 13.3. The molecule has 0 amide bonds. The fourth-order valence-electron chi connectivity index (χ4n) is 1.75. The number of halogens is 1. The molecule has 0 saturated carbocycles. The molecule has 4 nitrogen and oxygen atoms in total. The van der Waals surface area contributed by atoms with Crippen LogP contribution in [0.1, 0.15) is 40.0 Å². The van der Waals surface area contributed by atoms with Crippen molar-refractivity contribution in [2.75, 3.05) is 23.8 Å². The van der Waals surface area contributed by atoms with Gasteiger partial charge in [0.05, 0.1) is 4.47 Å². The normalized spacial score (nSPS) is 12.3. The highest BCUT2D eigenvalue weighted by Gasteiger charge is 2.14. The molecule has 1 aromatic heterocycles. The van der Waals surface area contributed by atoms with Crippen LogP contribution in [0.4, 0.5) is 11.8 Å². The molecule has 1 aromatic rings. The Bertz CT molecular complexity index is 370. The van der Waals surface area contributed by atoms with E-state index in [4.69, 9.17) is 0 Å². The van der Waals surface area contributed by atoms with Gasteiger partial charge in [-0.2, -0.15) is 4.98 Å². The Morgan fingerprint density at radius 1 is 1.39 bits per heavy atom. The fraction of sp³-hybridized carbons (Fsp3) is 0.692. The lowest BCUT2D eigenvalue weighted by molar-refractivity contribution is 0.610. The van der Waals surface area contributed by atoms with Gasteiger partial charge in [-0.05, 0) is 35.7 Å². The molecule has 0 spiro atoms. The minimum Gasteiger partial charge on any atom is -0.356 e. The van der Waals surface area contributed by atoms with E-state index in [0.717, 1.165) is 29.7 Å². The van der Waals surface area contributed by atoms with E-state index >= 15 is 0 Å². The average molecular weight is 315 g/mol. The van der Waals surface area contributed by atoms with Crippen molar-refractivity contribution in [1.29, 1.82) is 0 Å². The van der Waals surface area contributed by atoms with Crippen molar-refractivity contribution < 1.29 is 0 Å². The van der Waals surface area contributed by atoms with E-state index in [9.17, 15) is 0 Å². The lowest BCUT2D eigenvalue weighted by Gasteiger charge is -2.26. The smallest absolute Gasteiger partial charge is 0.224 e. The zero-order chi connectivity index (χ0) is 13.5. The number of anilines is 2. The van der Waals surface area contributed by atoms with E-state index in [1.165, 1.54) is 6.42 Å². The Morgan fingerprint density at radius 3 is 2.72 bits per heavy atom. The summed E-state index contributed by atoms with van der Waals surface area (Å²) in [6.45, 7) is 7.45. The fourth-order valence-corrected chi connectivity index (χ4v) is 2.22. The molecule has 1 heterocycles. The quantitative estimate of drug-likeness (QED) is 0.833. The first kappa shape index (κ1) is 15.2. The largest absolute Gasteiger partial charge is 0.356 e. The van der Waals surface area contributed by atoms with Crippen molar-refractivity contribution in [2.45, 2.75) is 46.1 Å². The van der Waals surface area contributed by atoms with Crippen molar-refractivity contribution in [3.8, 4) is 0 Å². The second kappa shape index (κ2) is 7.56. The molecule has 1 unspecified atom stereocenters. The molecule has 102 valence electrons. The predicted molar refractivity (Wildman–Crippen MR) is 81.3 cm³/mol. The maximum absolute atomic E-state index is 4.57. The molecule has 0 aliphatic carbocycles. The first-order valence-electron chi connectivity index (χ1n) is 6.59. The monoisotopic (exact) mass is 314 g/mol. The van der Waals surface area contributed by atoms with E-state index in [-0.39, 0.29) is 0 Å². The topological polar surface area (TPSA) is 41.1 Å². The number of aromatic nitrogens is 2. The van der Waals surface area contributed by atoms with Crippen LogP contribution in [0.3, 0.4) is 0 Å². The molecule has 5 heteroatoms. The molecule has 0 aliphatic rings. The van der Waals surface area contributed by atoms with Gasteiger partial charge in [-0.25, -0.2) is 4.98 Å². The number of nitrogens with zero attached hydrogens (tertiary/aromatic N) is 3. The highest BCUT2D eigenvalue weighted by Crippen LogP contribution is 2.25. The summed E-state index contributed by atoms with van der Waals surface area (Å²) >= 11 is 3.52. The van der Waals surface area contributed by atoms with E-state index in [0.29, 0.717) is 12.0 Å². The first-order chi connectivity index (χ1) is 8.60. The van der Waals surface area contributed by atoms with Gasteiger partial charge >= 0.3 is 0 Å². The Morgan fingerprint density at radius 2 is 2.11 bits per heavy atom. The Balaban J connectivity index is 2.85. The summed E-state index contributed by atoms with van der Waals surface area (Å²) in [5.74, 6) is 1.65. The molecule has 1 rings (SSSR count). The molecular weight excluding hydrogens is 292 g/mol. The van der Waals surface area contributed by atoms with Crippen molar-refractivity contribution in [1.82, 2.24) is 9.97 Å². The molecule has 0 bridgehead atoms. The second-order valence-corrected chi connectivity index (χ2v) is 5.39. The number of hydrogen-bond donors (Lipinski definition) is 1. The van der Waals surface area contributed by atoms with Gasteiger partial charge in [0.15, 0.2) is 0 Å². The van der Waals surface area contributed by atoms with Crippen LogP contribution in [0.25, 0.3) is 0 Å². The second-order valence-electron chi connectivity index (χ2n) is 4.54. The average Bonchev–Trinajstić information content (AvgIpc) is 2.37. The van der Waals surface area contributed by atoms with Gasteiger partial charge < -0.3 is 10.2 Å². The maximum Gasteiger partial charge on any atom is 0.224 e. The molecular formula is C13H23BrN4. The van der Waals surface area contributed by atoms with E-state index in [1.807, 2.05) is 6.20 Å². The third-order valence-electron chi connectivity index (χ3n) is 2.96. The highest BCUT2D eigenvalue weighted by atomic mass is 79.9. The minimum absolute atomic E-state index is 0.472. The van der Waals surface area contributed by atoms with Crippen molar-refractivity contribution in [3.63, 3.8) is 0 Å². The van der Waals surface area contributed by atoms with Crippen LogP contribution in [0, 0.1) is 0 Å². The molecule has 0 radical (unpaired) electrons. The van der Waals surface area contributed by atoms with Crippen molar-refractivity contribution in [3.05, 3.63) is 10.7 Å². The maximum atomic E-state index is 4.57. The number of hydrogen-bond acceptors (Lipinski definition) is 4. The van der Waals surface area contributed by atoms with E-state index in [1.54, 1.807) is 0 Å². The van der Waals surface area contributed by atoms with Crippen LogP contribution < -0.4 is 10.2 Å². The van der Waals surface area contributed by atoms with Crippen LogP contribution in [0.5, 0.6) is 0 Å². The van der Waals surface area contributed by atoms with Gasteiger partial charge in [0.25, 0.3) is 0 Å².